The van der Waals surface area contributed by atoms with E-state index in [0.29, 0.717) is 6.04 Å². The molecule has 0 radical (unpaired) electrons. The molecule has 8 heteroatoms. The number of likely N-dealkylation sites (tertiary alicyclic amines) is 1. The Bertz CT molecular complexity index is 732. The van der Waals surface area contributed by atoms with Crippen molar-refractivity contribution in [3.8, 4) is 12.3 Å². The van der Waals surface area contributed by atoms with Gasteiger partial charge in [-0.3, -0.25) is 14.5 Å². The number of nitrogens with one attached hydrogen (secondary N) is 2. The van der Waals surface area contributed by atoms with Gasteiger partial charge in [0.05, 0.1) is 19.6 Å². The number of nitrogens with zero attached hydrogens (tertiary/aromatic N) is 2. The maximum atomic E-state index is 12.2. The maximum Gasteiger partial charge on any atom is 0.240 e. The molecule has 1 aromatic rings. The van der Waals surface area contributed by atoms with Crippen LogP contribution in [0.1, 0.15) is 31.4 Å². The molecule has 0 bridgehead atoms. The number of amides is 2. The van der Waals surface area contributed by atoms with Crippen LogP contribution in [0.25, 0.3) is 0 Å². The van der Waals surface area contributed by atoms with Crippen LogP contribution in [0.4, 0.5) is 0 Å². The third-order valence-corrected chi connectivity index (χ3v) is 6.42. The van der Waals surface area contributed by atoms with Gasteiger partial charge in [-0.2, -0.15) is 0 Å². The highest BCUT2D eigenvalue weighted by atomic mass is 35.5. The lowest BCUT2D eigenvalue weighted by Crippen LogP contribution is -2.47. The second-order valence-electron chi connectivity index (χ2n) is 6.98. The van der Waals surface area contributed by atoms with Gasteiger partial charge in [0.2, 0.25) is 11.8 Å². The quantitative estimate of drug-likeness (QED) is 0.459. The number of hydrogen-bond acceptors (Lipinski definition) is 5. The molecular formula is C21H29ClN4O2S. The molecule has 6 nitrogen and oxygen atoms in total. The SMILES string of the molecule is C#CCNC(=O)CNC(=O)CN(SC)C1CCN(C(C)c2ccccc2Cl)CC1. The summed E-state index contributed by atoms with van der Waals surface area (Å²) in [7, 11) is 0. The third kappa shape index (κ3) is 7.23. The highest BCUT2D eigenvalue weighted by molar-refractivity contribution is 7.96. The Kier molecular flexibility index (Phi) is 9.82. The number of rotatable bonds is 9. The first-order valence-electron chi connectivity index (χ1n) is 9.72. The fourth-order valence-electron chi connectivity index (χ4n) is 3.50. The van der Waals surface area contributed by atoms with Crippen molar-refractivity contribution < 1.29 is 9.59 Å². The van der Waals surface area contributed by atoms with E-state index in [1.54, 1.807) is 11.9 Å². The number of carbonyl (C=O) groups is 2. The molecule has 1 unspecified atom stereocenters. The molecule has 2 N–H and O–H groups in total. The van der Waals surface area contributed by atoms with Gasteiger partial charge >= 0.3 is 0 Å². The lowest BCUT2D eigenvalue weighted by molar-refractivity contribution is -0.126. The van der Waals surface area contributed by atoms with Gasteiger partial charge in [0.15, 0.2) is 0 Å². The standard InChI is InChI=1S/C21H29ClN4O2S/c1-4-11-23-20(27)14-24-21(28)15-26(29-3)17-9-12-25(13-10-17)16(2)18-7-5-6-8-19(18)22/h1,5-8,16-17H,9-15H2,2-3H3,(H,23,27)(H,24,28). The van der Waals surface area contributed by atoms with E-state index in [0.717, 1.165) is 36.5 Å². The molecule has 0 spiro atoms. The average molecular weight is 437 g/mol. The zero-order chi connectivity index (χ0) is 21.2. The molecule has 29 heavy (non-hydrogen) atoms. The van der Waals surface area contributed by atoms with Crippen molar-refractivity contribution in [3.05, 3.63) is 34.9 Å². The highest BCUT2D eigenvalue weighted by Crippen LogP contribution is 2.31. The van der Waals surface area contributed by atoms with E-state index >= 15 is 0 Å². The van der Waals surface area contributed by atoms with E-state index in [9.17, 15) is 9.59 Å². The minimum atomic E-state index is -0.283. The lowest BCUT2D eigenvalue weighted by atomic mass is 10.00. The predicted octanol–water partition coefficient (Wildman–Crippen LogP) is 2.31. The Morgan fingerprint density at radius 3 is 2.62 bits per heavy atom. The second-order valence-corrected chi connectivity index (χ2v) is 8.22. The van der Waals surface area contributed by atoms with Gasteiger partial charge in [-0.1, -0.05) is 47.7 Å². The number of terminal acetylenes is 1. The number of carbonyl (C=O) groups excluding carboxylic acids is 2. The second kappa shape index (κ2) is 12.1. The fraction of sp³-hybridized carbons (Fsp3) is 0.524. The van der Waals surface area contributed by atoms with Gasteiger partial charge in [0.1, 0.15) is 0 Å². The monoisotopic (exact) mass is 436 g/mol. The van der Waals surface area contributed by atoms with Crippen LogP contribution in [0.3, 0.4) is 0 Å². The van der Waals surface area contributed by atoms with E-state index in [1.807, 2.05) is 24.5 Å². The van der Waals surface area contributed by atoms with Gasteiger partial charge in [-0.25, -0.2) is 4.31 Å². The largest absolute Gasteiger partial charge is 0.346 e. The molecule has 2 rings (SSSR count). The Hall–Kier alpha value is -1.72. The maximum absolute atomic E-state index is 12.2. The zero-order valence-electron chi connectivity index (χ0n) is 17.0. The van der Waals surface area contributed by atoms with Crippen LogP contribution in [-0.2, 0) is 9.59 Å². The molecule has 0 saturated carbocycles. The van der Waals surface area contributed by atoms with Crippen molar-refractivity contribution in [1.82, 2.24) is 19.8 Å². The first-order valence-corrected chi connectivity index (χ1v) is 11.3. The molecule has 1 fully saturated rings. The van der Waals surface area contributed by atoms with Crippen LogP contribution in [0.2, 0.25) is 5.02 Å². The molecule has 1 aliphatic heterocycles. The summed E-state index contributed by atoms with van der Waals surface area (Å²) in [6, 6.07) is 8.56. The van der Waals surface area contributed by atoms with E-state index < -0.39 is 0 Å². The Balaban J connectivity index is 1.80. The third-order valence-electron chi connectivity index (χ3n) is 5.18. The summed E-state index contributed by atoms with van der Waals surface area (Å²) in [5.74, 6) is 1.88. The normalized spacial score (nSPS) is 16.2. The van der Waals surface area contributed by atoms with Gasteiger partial charge in [0, 0.05) is 30.2 Å². The highest BCUT2D eigenvalue weighted by Gasteiger charge is 2.28. The van der Waals surface area contributed by atoms with E-state index in [-0.39, 0.29) is 37.5 Å². The topological polar surface area (TPSA) is 64.7 Å². The smallest absolute Gasteiger partial charge is 0.240 e. The van der Waals surface area contributed by atoms with Crippen LogP contribution in [0.15, 0.2) is 24.3 Å². The fourth-order valence-corrected chi connectivity index (χ4v) is 4.55. The lowest BCUT2D eigenvalue weighted by Gasteiger charge is -2.39. The Labute approximate surface area is 182 Å². The van der Waals surface area contributed by atoms with Crippen molar-refractivity contribution >= 4 is 35.4 Å². The molecular weight excluding hydrogens is 408 g/mol. The van der Waals surface area contributed by atoms with Gasteiger partial charge < -0.3 is 10.6 Å². The van der Waals surface area contributed by atoms with Crippen molar-refractivity contribution in [1.29, 1.82) is 0 Å². The molecule has 0 aromatic heterocycles. The van der Waals surface area contributed by atoms with Gasteiger partial charge in [-0.05, 0) is 37.7 Å². The molecule has 0 aliphatic carbocycles. The van der Waals surface area contributed by atoms with Gasteiger partial charge in [-0.15, -0.1) is 6.42 Å². The van der Waals surface area contributed by atoms with Crippen LogP contribution in [-0.4, -0.2) is 66.0 Å². The molecule has 1 saturated heterocycles. The first kappa shape index (κ1) is 23.6. The Morgan fingerprint density at radius 2 is 2.00 bits per heavy atom. The molecule has 1 aliphatic rings. The molecule has 1 aromatic carbocycles. The van der Waals surface area contributed by atoms with E-state index in [2.05, 4.69) is 38.7 Å². The summed E-state index contributed by atoms with van der Waals surface area (Å²) < 4.78 is 2.10. The number of piperidine rings is 1. The molecule has 1 heterocycles. The minimum Gasteiger partial charge on any atom is -0.346 e. The average Bonchev–Trinajstić information content (AvgIpc) is 2.74. The van der Waals surface area contributed by atoms with E-state index in [4.69, 9.17) is 18.0 Å². The van der Waals surface area contributed by atoms with Crippen molar-refractivity contribution in [2.45, 2.75) is 31.8 Å². The van der Waals surface area contributed by atoms with Crippen molar-refractivity contribution in [2.24, 2.45) is 0 Å². The summed E-state index contributed by atoms with van der Waals surface area (Å²) >= 11 is 7.92. The predicted molar refractivity (Wildman–Crippen MR) is 120 cm³/mol. The van der Waals surface area contributed by atoms with Crippen molar-refractivity contribution in [2.75, 3.05) is 39.0 Å². The molecule has 2 amide bonds. The van der Waals surface area contributed by atoms with Crippen LogP contribution >= 0.6 is 23.5 Å². The summed E-state index contributed by atoms with van der Waals surface area (Å²) in [6.07, 6.45) is 9.03. The minimum absolute atomic E-state index is 0.0590. The number of halogens is 1. The summed E-state index contributed by atoms with van der Waals surface area (Å²) in [5, 5.41) is 5.98. The van der Waals surface area contributed by atoms with Gasteiger partial charge in [0.25, 0.3) is 0 Å². The summed E-state index contributed by atoms with van der Waals surface area (Å²) in [5.41, 5.74) is 1.15. The first-order chi connectivity index (χ1) is 14.0. The molecule has 1 atom stereocenters. The van der Waals surface area contributed by atoms with Crippen LogP contribution < -0.4 is 10.6 Å². The Morgan fingerprint density at radius 1 is 1.31 bits per heavy atom. The van der Waals surface area contributed by atoms with Crippen molar-refractivity contribution in [3.63, 3.8) is 0 Å². The summed E-state index contributed by atoms with van der Waals surface area (Å²) in [6.45, 7) is 4.45. The van der Waals surface area contributed by atoms with Crippen LogP contribution in [0, 0.1) is 12.3 Å². The number of benzene rings is 1. The van der Waals surface area contributed by atoms with E-state index in [1.165, 1.54) is 0 Å². The zero-order valence-corrected chi connectivity index (χ0v) is 18.6. The van der Waals surface area contributed by atoms with Crippen LogP contribution in [0.5, 0.6) is 0 Å². The number of hydrogen-bond donors (Lipinski definition) is 2. The summed E-state index contributed by atoms with van der Waals surface area (Å²) in [4.78, 5) is 26.2. The molecule has 158 valence electrons.